The molecule has 3 amide bonds. The first-order chi connectivity index (χ1) is 16.8. The van der Waals surface area contributed by atoms with Crippen molar-refractivity contribution in [2.45, 2.75) is 12.6 Å². The molecule has 2 aromatic carbocycles. The van der Waals surface area contributed by atoms with Crippen molar-refractivity contribution in [3.05, 3.63) is 54.6 Å². The lowest BCUT2D eigenvalue weighted by atomic mass is 10.3. The number of hydrogen-bond donors (Lipinski definition) is 2. The van der Waals surface area contributed by atoms with Crippen LogP contribution in [-0.4, -0.2) is 80.5 Å². The fourth-order valence-corrected chi connectivity index (χ4v) is 3.49. The van der Waals surface area contributed by atoms with Crippen LogP contribution < -0.4 is 15.4 Å². The fraction of sp³-hybridized carbons (Fsp3) is 0.417. The van der Waals surface area contributed by atoms with Crippen LogP contribution in [0.2, 0.25) is 0 Å². The van der Waals surface area contributed by atoms with Gasteiger partial charge in [-0.3, -0.25) is 9.69 Å². The van der Waals surface area contributed by atoms with E-state index in [4.69, 9.17) is 4.74 Å². The summed E-state index contributed by atoms with van der Waals surface area (Å²) in [5, 5.41) is 5.56. The highest BCUT2D eigenvalue weighted by Gasteiger charge is 2.27. The molecule has 190 valence electrons. The molecule has 11 heteroatoms. The second-order valence-corrected chi connectivity index (χ2v) is 8.01. The van der Waals surface area contributed by atoms with Gasteiger partial charge < -0.3 is 25.0 Å². The number of nitrogens with one attached hydrogen (secondary N) is 2. The number of halogens is 3. The van der Waals surface area contributed by atoms with Gasteiger partial charge in [-0.2, -0.15) is 13.2 Å². The van der Waals surface area contributed by atoms with Gasteiger partial charge in [0, 0.05) is 56.8 Å². The lowest BCUT2D eigenvalue weighted by Crippen LogP contribution is -2.50. The summed E-state index contributed by atoms with van der Waals surface area (Å²) >= 11 is 0. The SMILES string of the molecule is O=C(COc1cccc(NC(=O)N2CCN(CCCOCC(F)(F)F)CC2)c1)Nc1ccccc1. The summed E-state index contributed by atoms with van der Waals surface area (Å²) in [6.07, 6.45) is -3.81. The van der Waals surface area contributed by atoms with Crippen molar-refractivity contribution in [3.63, 3.8) is 0 Å². The normalized spacial score (nSPS) is 14.4. The predicted octanol–water partition coefficient (Wildman–Crippen LogP) is 3.82. The van der Waals surface area contributed by atoms with E-state index in [0.29, 0.717) is 56.3 Å². The Morgan fingerprint density at radius 1 is 0.914 bits per heavy atom. The molecule has 0 bridgehead atoms. The summed E-state index contributed by atoms with van der Waals surface area (Å²) in [6, 6.07) is 15.6. The molecule has 0 saturated carbocycles. The molecule has 0 atom stereocenters. The molecule has 0 aliphatic carbocycles. The molecule has 1 saturated heterocycles. The van der Waals surface area contributed by atoms with Gasteiger partial charge in [-0.1, -0.05) is 24.3 Å². The maximum Gasteiger partial charge on any atom is 0.411 e. The highest BCUT2D eigenvalue weighted by Crippen LogP contribution is 2.18. The largest absolute Gasteiger partial charge is 0.484 e. The number of carbonyl (C=O) groups excluding carboxylic acids is 2. The first kappa shape index (κ1) is 26.3. The van der Waals surface area contributed by atoms with Crippen molar-refractivity contribution in [2.75, 3.05) is 63.2 Å². The minimum atomic E-state index is -4.30. The number of alkyl halides is 3. The van der Waals surface area contributed by atoms with Gasteiger partial charge in [0.05, 0.1) is 0 Å². The van der Waals surface area contributed by atoms with Gasteiger partial charge in [0.1, 0.15) is 12.4 Å². The lowest BCUT2D eigenvalue weighted by Gasteiger charge is -2.34. The van der Waals surface area contributed by atoms with Gasteiger partial charge in [-0.15, -0.1) is 0 Å². The number of benzene rings is 2. The highest BCUT2D eigenvalue weighted by molar-refractivity contribution is 5.92. The molecule has 1 aliphatic rings. The first-order valence-corrected chi connectivity index (χ1v) is 11.3. The molecule has 0 radical (unpaired) electrons. The Balaban J connectivity index is 1.36. The summed E-state index contributed by atoms with van der Waals surface area (Å²) in [4.78, 5) is 28.4. The Bertz CT molecular complexity index is 951. The highest BCUT2D eigenvalue weighted by atomic mass is 19.4. The summed E-state index contributed by atoms with van der Waals surface area (Å²) < 4.78 is 46.4. The van der Waals surface area contributed by atoms with Crippen LogP contribution in [0.15, 0.2) is 54.6 Å². The number of anilines is 2. The number of amides is 3. The van der Waals surface area contributed by atoms with Crippen LogP contribution in [0, 0.1) is 0 Å². The van der Waals surface area contributed by atoms with Crippen molar-refractivity contribution in [2.24, 2.45) is 0 Å². The second kappa shape index (κ2) is 13.0. The van der Waals surface area contributed by atoms with Gasteiger partial charge in [-0.05, 0) is 30.7 Å². The minimum Gasteiger partial charge on any atom is -0.484 e. The molecular weight excluding hydrogens is 465 g/mol. The van der Waals surface area contributed by atoms with E-state index < -0.39 is 12.8 Å². The van der Waals surface area contributed by atoms with Crippen LogP contribution in [0.3, 0.4) is 0 Å². The first-order valence-electron chi connectivity index (χ1n) is 11.3. The molecule has 0 spiro atoms. The van der Waals surface area contributed by atoms with Crippen molar-refractivity contribution in [1.29, 1.82) is 0 Å². The number of para-hydroxylation sites is 1. The molecule has 0 unspecified atom stereocenters. The third-order valence-electron chi connectivity index (χ3n) is 5.20. The minimum absolute atomic E-state index is 0.0482. The third-order valence-corrected chi connectivity index (χ3v) is 5.20. The summed E-state index contributed by atoms with van der Waals surface area (Å²) in [5.41, 5.74) is 1.22. The molecular formula is C24H29F3N4O4. The van der Waals surface area contributed by atoms with E-state index in [1.807, 2.05) is 18.2 Å². The smallest absolute Gasteiger partial charge is 0.411 e. The van der Waals surface area contributed by atoms with E-state index in [9.17, 15) is 22.8 Å². The van der Waals surface area contributed by atoms with E-state index >= 15 is 0 Å². The van der Waals surface area contributed by atoms with Crippen LogP contribution in [0.25, 0.3) is 0 Å². The summed E-state index contributed by atoms with van der Waals surface area (Å²) in [6.45, 7) is 1.54. The average molecular weight is 495 g/mol. The molecule has 8 nitrogen and oxygen atoms in total. The number of ether oxygens (including phenoxy) is 2. The number of piperazine rings is 1. The molecule has 3 rings (SSSR count). The average Bonchev–Trinajstić information content (AvgIpc) is 2.83. The molecule has 35 heavy (non-hydrogen) atoms. The molecule has 0 aromatic heterocycles. The molecule has 1 heterocycles. The van der Waals surface area contributed by atoms with Gasteiger partial charge >= 0.3 is 12.2 Å². The van der Waals surface area contributed by atoms with Crippen molar-refractivity contribution in [1.82, 2.24) is 9.80 Å². The lowest BCUT2D eigenvalue weighted by molar-refractivity contribution is -0.174. The fourth-order valence-electron chi connectivity index (χ4n) is 3.49. The maximum absolute atomic E-state index is 12.6. The summed E-state index contributed by atoms with van der Waals surface area (Å²) in [7, 11) is 0. The Morgan fingerprint density at radius 2 is 1.63 bits per heavy atom. The van der Waals surface area contributed by atoms with E-state index in [0.717, 1.165) is 0 Å². The van der Waals surface area contributed by atoms with Gasteiger partial charge in [-0.25, -0.2) is 4.79 Å². The van der Waals surface area contributed by atoms with E-state index in [1.54, 1.807) is 41.3 Å². The van der Waals surface area contributed by atoms with Crippen LogP contribution in [0.4, 0.5) is 29.3 Å². The van der Waals surface area contributed by atoms with Gasteiger partial charge in [0.2, 0.25) is 0 Å². The van der Waals surface area contributed by atoms with Crippen LogP contribution >= 0.6 is 0 Å². The Hall–Kier alpha value is -3.31. The standard InChI is InChI=1S/C24H29F3N4O4/c25-24(26,27)18-34-15-5-10-30-11-13-31(14-12-30)23(33)29-20-8-4-9-21(16-20)35-17-22(32)28-19-6-2-1-3-7-19/h1-4,6-9,16H,5,10-15,17-18H2,(H,28,32)(H,29,33). The number of nitrogens with zero attached hydrogens (tertiary/aromatic N) is 2. The zero-order chi connectivity index (χ0) is 25.1. The topological polar surface area (TPSA) is 83.1 Å². The van der Waals surface area contributed by atoms with Crippen molar-refractivity contribution >= 4 is 23.3 Å². The quantitative estimate of drug-likeness (QED) is 0.491. The Morgan fingerprint density at radius 3 is 2.34 bits per heavy atom. The zero-order valence-electron chi connectivity index (χ0n) is 19.2. The summed E-state index contributed by atoms with van der Waals surface area (Å²) in [5.74, 6) is 0.152. The van der Waals surface area contributed by atoms with Crippen LogP contribution in [0.1, 0.15) is 6.42 Å². The van der Waals surface area contributed by atoms with Crippen molar-refractivity contribution in [3.8, 4) is 5.75 Å². The van der Waals surface area contributed by atoms with Gasteiger partial charge in [0.15, 0.2) is 6.61 Å². The number of carbonyl (C=O) groups is 2. The molecule has 2 N–H and O–H groups in total. The Labute approximate surface area is 202 Å². The zero-order valence-corrected chi connectivity index (χ0v) is 19.2. The third kappa shape index (κ3) is 9.83. The van der Waals surface area contributed by atoms with Crippen LogP contribution in [-0.2, 0) is 9.53 Å². The second-order valence-electron chi connectivity index (χ2n) is 8.01. The molecule has 1 fully saturated rings. The maximum atomic E-state index is 12.6. The van der Waals surface area contributed by atoms with E-state index in [1.165, 1.54) is 0 Å². The van der Waals surface area contributed by atoms with E-state index in [-0.39, 0.29) is 25.2 Å². The number of urea groups is 1. The molecule has 1 aliphatic heterocycles. The van der Waals surface area contributed by atoms with E-state index in [2.05, 4.69) is 20.3 Å². The molecule has 2 aromatic rings. The van der Waals surface area contributed by atoms with Gasteiger partial charge in [0.25, 0.3) is 5.91 Å². The number of rotatable bonds is 10. The van der Waals surface area contributed by atoms with Crippen LogP contribution in [0.5, 0.6) is 5.75 Å². The Kier molecular flexibility index (Phi) is 9.74. The van der Waals surface area contributed by atoms with Crippen molar-refractivity contribution < 1.29 is 32.2 Å². The monoisotopic (exact) mass is 494 g/mol. The number of hydrogen-bond acceptors (Lipinski definition) is 5. The predicted molar refractivity (Wildman–Crippen MR) is 126 cm³/mol.